The number of halogens is 2. The van der Waals surface area contributed by atoms with E-state index in [0.717, 1.165) is 10.0 Å². The molecule has 0 unspecified atom stereocenters. The van der Waals surface area contributed by atoms with Gasteiger partial charge in [-0.05, 0) is 23.2 Å². The summed E-state index contributed by atoms with van der Waals surface area (Å²) >= 11 is 9.71. The molecule has 0 aliphatic carbocycles. The minimum atomic E-state index is -0.641. The highest BCUT2D eigenvalue weighted by Gasteiger charge is 2.25. The number of nitriles is 1. The number of hydrogen-bond acceptors (Lipinski definition) is 7. The predicted octanol–water partition coefficient (Wildman–Crippen LogP) is 3.99. The van der Waals surface area contributed by atoms with E-state index in [4.69, 9.17) is 16.9 Å². The molecule has 1 aromatic heterocycles. The van der Waals surface area contributed by atoms with Gasteiger partial charge in [-0.25, -0.2) is 4.98 Å². The third-order valence-corrected chi connectivity index (χ3v) is 4.07. The first-order valence-corrected chi connectivity index (χ1v) is 7.76. The molecule has 22 heavy (non-hydrogen) atoms. The van der Waals surface area contributed by atoms with E-state index in [-0.39, 0.29) is 21.8 Å². The summed E-state index contributed by atoms with van der Waals surface area (Å²) in [5, 5.41) is 24.3. The third kappa shape index (κ3) is 3.85. The molecule has 2 rings (SSSR count). The first kappa shape index (κ1) is 16.5. The number of hydrogen-bond donors (Lipinski definition) is 1. The first-order chi connectivity index (χ1) is 10.5. The lowest BCUT2D eigenvalue weighted by Crippen LogP contribution is -2.07. The van der Waals surface area contributed by atoms with E-state index >= 15 is 0 Å². The van der Waals surface area contributed by atoms with Crippen LogP contribution in [0.1, 0.15) is 5.56 Å². The summed E-state index contributed by atoms with van der Waals surface area (Å²) < 4.78 is 0.858. The smallest absolute Gasteiger partial charge is 0.344 e. The number of nitrogens with one attached hydrogen (secondary N) is 1. The molecule has 7 nitrogen and oxygen atoms in total. The van der Waals surface area contributed by atoms with E-state index in [1.54, 1.807) is 5.40 Å². The van der Waals surface area contributed by atoms with Gasteiger partial charge in [0.2, 0.25) is 11.1 Å². The Kier molecular flexibility index (Phi) is 5.54. The van der Waals surface area contributed by atoms with Crippen molar-refractivity contribution in [1.29, 1.82) is 5.26 Å². The van der Waals surface area contributed by atoms with Crippen LogP contribution in [-0.2, 0) is 6.54 Å². The van der Waals surface area contributed by atoms with Crippen LogP contribution >= 0.6 is 39.3 Å². The molecule has 0 saturated carbocycles. The lowest BCUT2D eigenvalue weighted by molar-refractivity contribution is -0.387. The summed E-state index contributed by atoms with van der Waals surface area (Å²) in [5.74, 6) is -0.0292. The normalized spacial score (nSPS) is 10.0. The molecule has 10 heteroatoms. The molecule has 1 aromatic carbocycles. The number of thioether (sulfide) groups is 1. The highest BCUT2D eigenvalue weighted by Crippen LogP contribution is 2.34. The van der Waals surface area contributed by atoms with Gasteiger partial charge in [0.25, 0.3) is 0 Å². The molecule has 0 fully saturated rings. The van der Waals surface area contributed by atoms with Gasteiger partial charge in [0.05, 0.1) is 4.92 Å². The molecule has 0 bridgehead atoms. The van der Waals surface area contributed by atoms with Gasteiger partial charge < -0.3 is 5.32 Å². The Morgan fingerprint density at radius 3 is 2.82 bits per heavy atom. The van der Waals surface area contributed by atoms with Crippen LogP contribution in [0.4, 0.5) is 11.5 Å². The Hall–Kier alpha value is -1.89. The van der Waals surface area contributed by atoms with Crippen LogP contribution < -0.4 is 5.32 Å². The van der Waals surface area contributed by atoms with E-state index in [1.807, 2.05) is 24.3 Å². The topological polar surface area (TPSA) is 105 Å². The molecule has 0 amide bonds. The van der Waals surface area contributed by atoms with E-state index in [1.165, 1.54) is 0 Å². The highest BCUT2D eigenvalue weighted by atomic mass is 79.9. The number of anilines is 1. The molecule has 0 aliphatic heterocycles. The summed E-state index contributed by atoms with van der Waals surface area (Å²) in [7, 11) is 0. The van der Waals surface area contributed by atoms with Gasteiger partial charge in [-0.1, -0.05) is 34.1 Å². The highest BCUT2D eigenvalue weighted by molar-refractivity contribution is 9.10. The average Bonchev–Trinajstić information content (AvgIpc) is 2.46. The summed E-state index contributed by atoms with van der Waals surface area (Å²) in [5.41, 5.74) is 0.518. The average molecular weight is 401 g/mol. The van der Waals surface area contributed by atoms with Crippen LogP contribution in [0.3, 0.4) is 0 Å². The largest absolute Gasteiger partial charge is 0.360 e. The summed E-state index contributed by atoms with van der Waals surface area (Å²) in [4.78, 5) is 18.1. The molecular formula is C12H7BrClN5O2S. The van der Waals surface area contributed by atoms with Crippen molar-refractivity contribution < 1.29 is 4.92 Å². The van der Waals surface area contributed by atoms with Crippen LogP contribution in [-0.4, -0.2) is 14.9 Å². The van der Waals surface area contributed by atoms with Crippen LogP contribution in [0.15, 0.2) is 33.8 Å². The molecule has 0 aliphatic rings. The van der Waals surface area contributed by atoms with Crippen molar-refractivity contribution in [3.63, 3.8) is 0 Å². The van der Waals surface area contributed by atoms with Crippen molar-refractivity contribution in [3.8, 4) is 5.40 Å². The first-order valence-electron chi connectivity index (χ1n) is 5.78. The Morgan fingerprint density at radius 2 is 2.18 bits per heavy atom. The molecule has 1 heterocycles. The van der Waals surface area contributed by atoms with Crippen molar-refractivity contribution in [2.75, 3.05) is 5.32 Å². The zero-order chi connectivity index (χ0) is 16.1. The molecule has 2 aromatic rings. The van der Waals surface area contributed by atoms with Gasteiger partial charge >= 0.3 is 5.69 Å². The van der Waals surface area contributed by atoms with Gasteiger partial charge in [-0.3, -0.25) is 10.1 Å². The van der Waals surface area contributed by atoms with Crippen LogP contribution in [0, 0.1) is 20.8 Å². The standard InChI is InChI=1S/C12H7BrClN5O2S/c13-8-4-2-1-3-7(8)5-16-10-9(19(20)21)11(22-6-15)18-12(14)17-10/h1-4H,5H2,(H,16,17,18). The fourth-order valence-electron chi connectivity index (χ4n) is 1.63. The lowest BCUT2D eigenvalue weighted by Gasteiger charge is -2.09. The zero-order valence-electron chi connectivity index (χ0n) is 10.8. The minimum Gasteiger partial charge on any atom is -0.360 e. The van der Waals surface area contributed by atoms with Crippen LogP contribution in [0.25, 0.3) is 0 Å². The summed E-state index contributed by atoms with van der Waals surface area (Å²) in [6, 6.07) is 7.42. The fraction of sp³-hybridized carbons (Fsp3) is 0.0833. The zero-order valence-corrected chi connectivity index (χ0v) is 13.9. The molecule has 112 valence electrons. The summed E-state index contributed by atoms with van der Waals surface area (Å²) in [6.45, 7) is 0.298. The Morgan fingerprint density at radius 1 is 1.45 bits per heavy atom. The fourth-order valence-corrected chi connectivity index (χ4v) is 2.76. The van der Waals surface area contributed by atoms with Crippen molar-refractivity contribution >= 4 is 50.8 Å². The second-order valence-electron chi connectivity index (χ2n) is 3.89. The third-order valence-electron chi connectivity index (χ3n) is 2.55. The van der Waals surface area contributed by atoms with Gasteiger partial charge in [0, 0.05) is 22.8 Å². The SMILES string of the molecule is N#CSc1nc(Cl)nc(NCc2ccccc2Br)c1[N+](=O)[O-]. The second-order valence-corrected chi connectivity index (χ2v) is 5.86. The monoisotopic (exact) mass is 399 g/mol. The van der Waals surface area contributed by atoms with Gasteiger partial charge in [-0.2, -0.15) is 10.2 Å². The molecule has 1 N–H and O–H groups in total. The van der Waals surface area contributed by atoms with E-state index in [0.29, 0.717) is 18.3 Å². The second kappa shape index (κ2) is 7.40. The number of nitro groups is 1. The van der Waals surface area contributed by atoms with Crippen molar-refractivity contribution in [2.45, 2.75) is 11.6 Å². The molecule has 0 saturated heterocycles. The number of rotatable bonds is 5. The quantitative estimate of drug-likeness (QED) is 0.202. The predicted molar refractivity (Wildman–Crippen MR) is 86.6 cm³/mol. The van der Waals surface area contributed by atoms with Crippen molar-refractivity contribution in [1.82, 2.24) is 9.97 Å². The van der Waals surface area contributed by atoms with E-state index in [9.17, 15) is 10.1 Å². The number of benzene rings is 1. The Balaban J connectivity index is 2.36. The minimum absolute atomic E-state index is 0.0292. The van der Waals surface area contributed by atoms with Crippen LogP contribution in [0.2, 0.25) is 5.28 Å². The maximum atomic E-state index is 11.2. The van der Waals surface area contributed by atoms with Crippen molar-refractivity contribution in [2.24, 2.45) is 0 Å². The van der Waals surface area contributed by atoms with Crippen molar-refractivity contribution in [3.05, 3.63) is 49.7 Å². The Bertz CT molecular complexity index is 768. The maximum absolute atomic E-state index is 11.2. The van der Waals surface area contributed by atoms with E-state index < -0.39 is 4.92 Å². The number of aromatic nitrogens is 2. The molecule has 0 radical (unpaired) electrons. The van der Waals surface area contributed by atoms with Gasteiger partial charge in [-0.15, -0.1) is 0 Å². The molecule has 0 atom stereocenters. The molecule has 0 spiro atoms. The number of thiocyanates is 1. The van der Waals surface area contributed by atoms with Gasteiger partial charge in [0.1, 0.15) is 5.40 Å². The van der Waals surface area contributed by atoms with Gasteiger partial charge in [0.15, 0.2) is 5.03 Å². The maximum Gasteiger partial charge on any atom is 0.344 e. The summed E-state index contributed by atoms with van der Waals surface area (Å²) in [6.07, 6.45) is 0. The van der Waals surface area contributed by atoms with Crippen LogP contribution in [0.5, 0.6) is 0 Å². The Labute approximate surface area is 143 Å². The number of nitrogens with zero attached hydrogens (tertiary/aromatic N) is 4. The van der Waals surface area contributed by atoms with E-state index in [2.05, 4.69) is 31.2 Å². The molecular weight excluding hydrogens is 394 g/mol. The lowest BCUT2D eigenvalue weighted by atomic mass is 10.2.